The Hall–Kier alpha value is -1.32. The van der Waals surface area contributed by atoms with Crippen molar-refractivity contribution < 1.29 is 5.11 Å². The van der Waals surface area contributed by atoms with Gasteiger partial charge in [0.05, 0.1) is 6.73 Å². The van der Waals surface area contributed by atoms with Gasteiger partial charge in [-0.25, -0.2) is 0 Å². The lowest BCUT2D eigenvalue weighted by atomic mass is 10.1. The summed E-state index contributed by atoms with van der Waals surface area (Å²) in [5, 5.41) is 10.4. The van der Waals surface area contributed by atoms with E-state index < -0.39 is 0 Å². The van der Waals surface area contributed by atoms with Gasteiger partial charge in [-0.05, 0) is 24.6 Å². The van der Waals surface area contributed by atoms with Crippen molar-refractivity contribution >= 4 is 10.9 Å². The normalized spacial score (nSPS) is 11.4. The highest BCUT2D eigenvalue weighted by molar-refractivity contribution is 5.83. The monoisotopic (exact) mass is 218 g/mol. The van der Waals surface area contributed by atoms with Crippen LogP contribution < -0.4 is 0 Å². The first kappa shape index (κ1) is 11.2. The number of nitrogens with one attached hydrogen (secondary N) is 1. The standard InChI is InChI=1S/C13H18N2O/c1-2-15(10-16)8-7-11-9-14-13-6-4-3-5-12(11)13/h3-6,9,14,16H,2,7-8,10H2,1H3. The molecule has 0 saturated heterocycles. The second kappa shape index (κ2) is 5.14. The first-order chi connectivity index (χ1) is 7.85. The lowest BCUT2D eigenvalue weighted by molar-refractivity contribution is 0.114. The molecule has 0 bridgehead atoms. The SMILES string of the molecule is CCN(CO)CCc1c[nH]c2ccccc12. The molecule has 2 N–H and O–H groups in total. The molecule has 3 heteroatoms. The molecule has 0 aliphatic carbocycles. The fourth-order valence-corrected chi connectivity index (χ4v) is 1.95. The average Bonchev–Trinajstić information content (AvgIpc) is 2.74. The van der Waals surface area contributed by atoms with Gasteiger partial charge in [-0.2, -0.15) is 0 Å². The Balaban J connectivity index is 2.09. The molecule has 0 fully saturated rings. The van der Waals surface area contributed by atoms with Crippen LogP contribution >= 0.6 is 0 Å². The van der Waals surface area contributed by atoms with Crippen molar-refractivity contribution in [1.29, 1.82) is 0 Å². The number of likely N-dealkylation sites (N-methyl/N-ethyl adjacent to an activating group) is 1. The molecule has 0 amide bonds. The molecule has 3 nitrogen and oxygen atoms in total. The van der Waals surface area contributed by atoms with Crippen molar-refractivity contribution in [3.8, 4) is 0 Å². The topological polar surface area (TPSA) is 39.3 Å². The maximum absolute atomic E-state index is 9.09. The molecule has 0 radical (unpaired) electrons. The number of aromatic nitrogens is 1. The summed E-state index contributed by atoms with van der Waals surface area (Å²) in [6, 6.07) is 8.32. The Bertz CT molecular complexity index is 446. The number of nitrogens with zero attached hydrogens (tertiary/aromatic N) is 1. The quantitative estimate of drug-likeness (QED) is 0.753. The number of fused-ring (bicyclic) bond motifs is 1. The van der Waals surface area contributed by atoms with Gasteiger partial charge in [0.25, 0.3) is 0 Å². The highest BCUT2D eigenvalue weighted by atomic mass is 16.3. The Kier molecular flexibility index (Phi) is 3.59. The zero-order chi connectivity index (χ0) is 11.4. The predicted molar refractivity (Wildman–Crippen MR) is 66.3 cm³/mol. The lowest BCUT2D eigenvalue weighted by Crippen LogP contribution is -2.26. The Morgan fingerprint density at radius 1 is 1.31 bits per heavy atom. The molecule has 0 atom stereocenters. The van der Waals surface area contributed by atoms with Crippen LogP contribution in [0.2, 0.25) is 0 Å². The van der Waals surface area contributed by atoms with E-state index in [0.29, 0.717) is 0 Å². The van der Waals surface area contributed by atoms with Gasteiger partial charge >= 0.3 is 0 Å². The minimum absolute atomic E-state index is 0.138. The predicted octanol–water partition coefficient (Wildman–Crippen LogP) is 1.98. The van der Waals surface area contributed by atoms with E-state index in [9.17, 15) is 0 Å². The van der Waals surface area contributed by atoms with E-state index in [4.69, 9.17) is 5.11 Å². The van der Waals surface area contributed by atoms with Crippen LogP contribution in [0.1, 0.15) is 12.5 Å². The fraction of sp³-hybridized carbons (Fsp3) is 0.385. The molecule has 0 unspecified atom stereocenters. The molecule has 2 aromatic rings. The maximum Gasteiger partial charge on any atom is 0.0956 e. The van der Waals surface area contributed by atoms with E-state index in [0.717, 1.165) is 19.5 Å². The van der Waals surface area contributed by atoms with Gasteiger partial charge in [0.2, 0.25) is 0 Å². The number of hydrogen-bond acceptors (Lipinski definition) is 2. The molecule has 1 aromatic carbocycles. The first-order valence-electron chi connectivity index (χ1n) is 5.73. The fourth-order valence-electron chi connectivity index (χ4n) is 1.95. The van der Waals surface area contributed by atoms with Crippen LogP contribution in [0.5, 0.6) is 0 Å². The number of H-pyrrole nitrogens is 1. The summed E-state index contributed by atoms with van der Waals surface area (Å²) in [7, 11) is 0. The zero-order valence-corrected chi connectivity index (χ0v) is 9.61. The lowest BCUT2D eigenvalue weighted by Gasteiger charge is -2.16. The summed E-state index contributed by atoms with van der Waals surface area (Å²) in [4.78, 5) is 5.28. The van der Waals surface area contributed by atoms with Gasteiger partial charge in [0.15, 0.2) is 0 Å². The summed E-state index contributed by atoms with van der Waals surface area (Å²) in [6.07, 6.45) is 3.04. The Labute approximate surface area is 95.7 Å². The third-order valence-corrected chi connectivity index (χ3v) is 3.02. The van der Waals surface area contributed by atoms with E-state index in [-0.39, 0.29) is 6.73 Å². The molecule has 0 spiro atoms. The van der Waals surface area contributed by atoms with Crippen LogP contribution in [-0.4, -0.2) is 34.8 Å². The van der Waals surface area contributed by atoms with Crippen LogP contribution in [-0.2, 0) is 6.42 Å². The van der Waals surface area contributed by atoms with Gasteiger partial charge in [-0.15, -0.1) is 0 Å². The van der Waals surface area contributed by atoms with Crippen molar-refractivity contribution in [2.24, 2.45) is 0 Å². The Morgan fingerprint density at radius 2 is 2.12 bits per heavy atom. The van der Waals surface area contributed by atoms with Gasteiger partial charge in [0, 0.05) is 23.6 Å². The third-order valence-electron chi connectivity index (χ3n) is 3.02. The maximum atomic E-state index is 9.09. The molecule has 0 saturated carbocycles. The van der Waals surface area contributed by atoms with Crippen LogP contribution in [0.25, 0.3) is 10.9 Å². The Morgan fingerprint density at radius 3 is 2.88 bits per heavy atom. The number of benzene rings is 1. The highest BCUT2D eigenvalue weighted by Gasteiger charge is 2.05. The van der Waals surface area contributed by atoms with Crippen LogP contribution in [0.4, 0.5) is 0 Å². The molecular weight excluding hydrogens is 200 g/mol. The molecule has 1 aromatic heterocycles. The average molecular weight is 218 g/mol. The van der Waals surface area contributed by atoms with E-state index in [2.05, 4.69) is 36.3 Å². The van der Waals surface area contributed by atoms with E-state index in [1.807, 2.05) is 11.0 Å². The zero-order valence-electron chi connectivity index (χ0n) is 9.61. The summed E-state index contributed by atoms with van der Waals surface area (Å²) < 4.78 is 0. The smallest absolute Gasteiger partial charge is 0.0956 e. The summed E-state index contributed by atoms with van der Waals surface area (Å²) in [5.41, 5.74) is 2.51. The van der Waals surface area contributed by atoms with Crippen LogP contribution in [0, 0.1) is 0 Å². The molecule has 0 aliphatic rings. The number of aliphatic hydroxyl groups is 1. The first-order valence-corrected chi connectivity index (χ1v) is 5.73. The minimum Gasteiger partial charge on any atom is -0.381 e. The van der Waals surface area contributed by atoms with Crippen molar-refractivity contribution in [3.63, 3.8) is 0 Å². The van der Waals surface area contributed by atoms with Crippen molar-refractivity contribution in [2.75, 3.05) is 19.8 Å². The van der Waals surface area contributed by atoms with Crippen molar-refractivity contribution in [3.05, 3.63) is 36.0 Å². The highest BCUT2D eigenvalue weighted by Crippen LogP contribution is 2.18. The summed E-state index contributed by atoms with van der Waals surface area (Å²) >= 11 is 0. The summed E-state index contributed by atoms with van der Waals surface area (Å²) in [5.74, 6) is 0. The molecular formula is C13H18N2O. The second-order valence-electron chi connectivity index (χ2n) is 3.96. The number of aliphatic hydroxyl groups excluding tert-OH is 1. The number of aromatic amines is 1. The summed E-state index contributed by atoms with van der Waals surface area (Å²) in [6.45, 7) is 3.98. The van der Waals surface area contributed by atoms with E-state index in [1.165, 1.54) is 16.5 Å². The van der Waals surface area contributed by atoms with Crippen molar-refractivity contribution in [2.45, 2.75) is 13.3 Å². The number of rotatable bonds is 5. The second-order valence-corrected chi connectivity index (χ2v) is 3.96. The molecule has 1 heterocycles. The molecule has 0 aliphatic heterocycles. The third kappa shape index (κ3) is 2.26. The van der Waals surface area contributed by atoms with Gasteiger partial charge in [-0.3, -0.25) is 4.90 Å². The van der Waals surface area contributed by atoms with E-state index in [1.54, 1.807) is 0 Å². The van der Waals surface area contributed by atoms with Gasteiger partial charge in [-0.1, -0.05) is 25.1 Å². The van der Waals surface area contributed by atoms with Crippen molar-refractivity contribution in [1.82, 2.24) is 9.88 Å². The van der Waals surface area contributed by atoms with Crippen LogP contribution in [0.15, 0.2) is 30.5 Å². The minimum atomic E-state index is 0.138. The molecule has 2 rings (SSSR count). The van der Waals surface area contributed by atoms with Gasteiger partial charge < -0.3 is 10.1 Å². The molecule has 16 heavy (non-hydrogen) atoms. The number of hydrogen-bond donors (Lipinski definition) is 2. The number of para-hydroxylation sites is 1. The van der Waals surface area contributed by atoms with E-state index >= 15 is 0 Å². The van der Waals surface area contributed by atoms with Crippen LogP contribution in [0.3, 0.4) is 0 Å². The van der Waals surface area contributed by atoms with Gasteiger partial charge in [0.1, 0.15) is 0 Å². The largest absolute Gasteiger partial charge is 0.381 e. The molecule has 86 valence electrons.